The molecule has 98 valence electrons. The summed E-state index contributed by atoms with van der Waals surface area (Å²) in [5.74, 6) is 0.220. The molecule has 2 rings (SSSR count). The van der Waals surface area contributed by atoms with Crippen molar-refractivity contribution >= 4 is 11.6 Å². The van der Waals surface area contributed by atoms with Crippen LogP contribution in [-0.4, -0.2) is 30.4 Å². The summed E-state index contributed by atoms with van der Waals surface area (Å²) in [5.41, 5.74) is 3.49. The topological polar surface area (TPSA) is 32.3 Å². The summed E-state index contributed by atoms with van der Waals surface area (Å²) in [7, 11) is 0. The SMILES string of the molecule is Cc1cccc(C)c1NCC(=O)N1CCCCC1. The Morgan fingerprint density at radius 2 is 1.78 bits per heavy atom. The van der Waals surface area contributed by atoms with Crippen molar-refractivity contribution in [2.24, 2.45) is 0 Å². The van der Waals surface area contributed by atoms with Crippen LogP contribution in [0, 0.1) is 13.8 Å². The normalized spacial score (nSPS) is 15.6. The van der Waals surface area contributed by atoms with Crippen LogP contribution in [0.5, 0.6) is 0 Å². The van der Waals surface area contributed by atoms with Crippen LogP contribution in [0.25, 0.3) is 0 Å². The van der Waals surface area contributed by atoms with Crippen molar-refractivity contribution in [2.45, 2.75) is 33.1 Å². The molecule has 1 saturated heterocycles. The number of rotatable bonds is 3. The zero-order valence-electron chi connectivity index (χ0n) is 11.3. The second-order valence-electron chi connectivity index (χ2n) is 5.06. The summed E-state index contributed by atoms with van der Waals surface area (Å²) in [6.07, 6.45) is 3.55. The monoisotopic (exact) mass is 246 g/mol. The van der Waals surface area contributed by atoms with E-state index in [4.69, 9.17) is 0 Å². The number of hydrogen-bond donors (Lipinski definition) is 1. The number of carbonyl (C=O) groups excluding carboxylic acids is 1. The van der Waals surface area contributed by atoms with Gasteiger partial charge in [0.1, 0.15) is 0 Å². The van der Waals surface area contributed by atoms with Gasteiger partial charge in [-0.25, -0.2) is 0 Å². The van der Waals surface area contributed by atoms with Crippen molar-refractivity contribution in [3.8, 4) is 0 Å². The highest BCUT2D eigenvalue weighted by molar-refractivity contribution is 5.81. The quantitative estimate of drug-likeness (QED) is 0.889. The van der Waals surface area contributed by atoms with Crippen molar-refractivity contribution in [2.75, 3.05) is 25.0 Å². The second-order valence-corrected chi connectivity index (χ2v) is 5.06. The van der Waals surface area contributed by atoms with Crippen LogP contribution in [0.15, 0.2) is 18.2 Å². The van der Waals surface area contributed by atoms with E-state index in [9.17, 15) is 4.79 Å². The van der Waals surface area contributed by atoms with Crippen LogP contribution < -0.4 is 5.32 Å². The van der Waals surface area contributed by atoms with E-state index >= 15 is 0 Å². The molecule has 1 aliphatic rings. The highest BCUT2D eigenvalue weighted by Gasteiger charge is 2.16. The summed E-state index contributed by atoms with van der Waals surface area (Å²) in [6.45, 7) is 6.40. The van der Waals surface area contributed by atoms with Gasteiger partial charge in [0, 0.05) is 18.8 Å². The third-order valence-electron chi connectivity index (χ3n) is 3.61. The van der Waals surface area contributed by atoms with Gasteiger partial charge in [-0.2, -0.15) is 0 Å². The average molecular weight is 246 g/mol. The molecule has 0 bridgehead atoms. The van der Waals surface area contributed by atoms with Crippen LogP contribution in [0.1, 0.15) is 30.4 Å². The molecule has 1 heterocycles. The summed E-state index contributed by atoms with van der Waals surface area (Å²) in [4.78, 5) is 14.0. The zero-order valence-corrected chi connectivity index (χ0v) is 11.3. The van der Waals surface area contributed by atoms with Gasteiger partial charge in [-0.15, -0.1) is 0 Å². The molecule has 0 atom stereocenters. The Hall–Kier alpha value is -1.51. The van der Waals surface area contributed by atoms with Crippen LogP contribution in [-0.2, 0) is 4.79 Å². The fourth-order valence-corrected chi connectivity index (χ4v) is 2.51. The summed E-state index contributed by atoms with van der Waals surface area (Å²) in [6, 6.07) is 6.18. The molecule has 1 aliphatic heterocycles. The molecule has 1 aromatic rings. The number of benzene rings is 1. The number of piperidine rings is 1. The van der Waals surface area contributed by atoms with Gasteiger partial charge in [0.05, 0.1) is 6.54 Å². The highest BCUT2D eigenvalue weighted by atomic mass is 16.2. The van der Waals surface area contributed by atoms with E-state index in [-0.39, 0.29) is 5.91 Å². The Morgan fingerprint density at radius 1 is 1.17 bits per heavy atom. The molecule has 1 N–H and O–H groups in total. The maximum atomic E-state index is 12.1. The van der Waals surface area contributed by atoms with Crippen LogP contribution in [0.4, 0.5) is 5.69 Å². The maximum Gasteiger partial charge on any atom is 0.241 e. The maximum absolute atomic E-state index is 12.1. The lowest BCUT2D eigenvalue weighted by Crippen LogP contribution is -2.39. The van der Waals surface area contributed by atoms with Gasteiger partial charge in [0.2, 0.25) is 5.91 Å². The van der Waals surface area contributed by atoms with E-state index < -0.39 is 0 Å². The summed E-state index contributed by atoms with van der Waals surface area (Å²) < 4.78 is 0. The van der Waals surface area contributed by atoms with E-state index in [1.807, 2.05) is 11.0 Å². The minimum absolute atomic E-state index is 0.220. The Morgan fingerprint density at radius 3 is 2.39 bits per heavy atom. The molecule has 1 amide bonds. The zero-order chi connectivity index (χ0) is 13.0. The fourth-order valence-electron chi connectivity index (χ4n) is 2.51. The smallest absolute Gasteiger partial charge is 0.241 e. The number of anilines is 1. The first-order valence-corrected chi connectivity index (χ1v) is 6.76. The van der Waals surface area contributed by atoms with Gasteiger partial charge >= 0.3 is 0 Å². The van der Waals surface area contributed by atoms with Gasteiger partial charge in [-0.05, 0) is 44.2 Å². The molecule has 0 spiro atoms. The van der Waals surface area contributed by atoms with E-state index in [0.29, 0.717) is 6.54 Å². The van der Waals surface area contributed by atoms with Crippen LogP contribution in [0.3, 0.4) is 0 Å². The standard InChI is InChI=1S/C15H22N2O/c1-12-7-6-8-13(2)15(12)16-11-14(18)17-9-4-3-5-10-17/h6-8,16H,3-5,9-11H2,1-2H3. The number of nitrogens with zero attached hydrogens (tertiary/aromatic N) is 1. The molecule has 0 unspecified atom stereocenters. The first-order valence-electron chi connectivity index (χ1n) is 6.76. The van der Waals surface area contributed by atoms with E-state index in [2.05, 4.69) is 31.3 Å². The van der Waals surface area contributed by atoms with Gasteiger partial charge in [-0.3, -0.25) is 4.79 Å². The first-order chi connectivity index (χ1) is 8.68. The van der Waals surface area contributed by atoms with Crippen LogP contribution >= 0.6 is 0 Å². The lowest BCUT2D eigenvalue weighted by molar-refractivity contribution is -0.130. The predicted molar refractivity (Wildman–Crippen MR) is 74.8 cm³/mol. The summed E-state index contributed by atoms with van der Waals surface area (Å²) in [5, 5.41) is 3.29. The highest BCUT2D eigenvalue weighted by Crippen LogP contribution is 2.19. The largest absolute Gasteiger partial charge is 0.376 e. The number of aryl methyl sites for hydroxylation is 2. The van der Waals surface area contributed by atoms with Crippen molar-refractivity contribution < 1.29 is 4.79 Å². The Kier molecular flexibility index (Phi) is 4.24. The Bertz CT molecular complexity index is 402. The molecular weight excluding hydrogens is 224 g/mol. The lowest BCUT2D eigenvalue weighted by atomic mass is 10.1. The van der Waals surface area contributed by atoms with Crippen molar-refractivity contribution in [1.29, 1.82) is 0 Å². The van der Waals surface area contributed by atoms with Crippen molar-refractivity contribution in [3.05, 3.63) is 29.3 Å². The van der Waals surface area contributed by atoms with Gasteiger partial charge in [0.15, 0.2) is 0 Å². The molecule has 3 nitrogen and oxygen atoms in total. The van der Waals surface area contributed by atoms with E-state index in [1.54, 1.807) is 0 Å². The first kappa shape index (κ1) is 12.9. The second kappa shape index (κ2) is 5.89. The van der Waals surface area contributed by atoms with E-state index in [1.165, 1.54) is 17.5 Å². The third-order valence-corrected chi connectivity index (χ3v) is 3.61. The van der Waals surface area contributed by atoms with Crippen molar-refractivity contribution in [3.63, 3.8) is 0 Å². The molecule has 3 heteroatoms. The molecule has 1 aromatic carbocycles. The molecule has 0 aromatic heterocycles. The summed E-state index contributed by atoms with van der Waals surface area (Å²) >= 11 is 0. The minimum atomic E-state index is 0.220. The third kappa shape index (κ3) is 3.03. The van der Waals surface area contributed by atoms with Crippen molar-refractivity contribution in [1.82, 2.24) is 4.90 Å². The molecule has 0 radical (unpaired) electrons. The Labute approximate surface area is 109 Å². The molecule has 0 saturated carbocycles. The number of likely N-dealkylation sites (tertiary alicyclic amines) is 1. The molecule has 18 heavy (non-hydrogen) atoms. The molecule has 1 fully saturated rings. The number of carbonyl (C=O) groups is 1. The predicted octanol–water partition coefficient (Wildman–Crippen LogP) is 2.73. The van der Waals surface area contributed by atoms with Crippen LogP contribution in [0.2, 0.25) is 0 Å². The molecular formula is C15H22N2O. The van der Waals surface area contributed by atoms with Gasteiger partial charge in [0.25, 0.3) is 0 Å². The average Bonchev–Trinajstić information content (AvgIpc) is 2.39. The van der Waals surface area contributed by atoms with E-state index in [0.717, 1.165) is 31.6 Å². The lowest BCUT2D eigenvalue weighted by Gasteiger charge is -2.27. The molecule has 0 aliphatic carbocycles. The van der Waals surface area contributed by atoms with Gasteiger partial charge < -0.3 is 10.2 Å². The van der Waals surface area contributed by atoms with Gasteiger partial charge in [-0.1, -0.05) is 18.2 Å². The fraction of sp³-hybridized carbons (Fsp3) is 0.533. The number of para-hydroxylation sites is 1. The number of hydrogen-bond acceptors (Lipinski definition) is 2. The number of nitrogens with one attached hydrogen (secondary N) is 1. The Balaban J connectivity index is 1.92. The minimum Gasteiger partial charge on any atom is -0.376 e. The number of amides is 1.